The van der Waals surface area contributed by atoms with Crippen LogP contribution in [0.2, 0.25) is 0 Å². The number of rotatable bonds is 3. The van der Waals surface area contributed by atoms with E-state index < -0.39 is 0 Å². The van der Waals surface area contributed by atoms with Crippen molar-refractivity contribution in [1.82, 2.24) is 14.9 Å². The van der Waals surface area contributed by atoms with Gasteiger partial charge in [-0.15, -0.1) is 11.3 Å². The van der Waals surface area contributed by atoms with Crippen molar-refractivity contribution < 1.29 is 4.74 Å². The molecule has 3 heterocycles. The third-order valence-electron chi connectivity index (χ3n) is 5.50. The van der Waals surface area contributed by atoms with Crippen molar-refractivity contribution >= 4 is 21.4 Å². The molecule has 0 saturated carbocycles. The molecular weight excluding hydrogens is 366 g/mol. The minimum absolute atomic E-state index is 0.283. The molecule has 2 aromatic heterocycles. The van der Waals surface area contributed by atoms with Crippen molar-refractivity contribution in [2.75, 3.05) is 20.7 Å². The Balaban J connectivity index is 1.64. The molecule has 0 radical (unpaired) electrons. The first-order valence-corrected chi connectivity index (χ1v) is 10.2. The van der Waals surface area contributed by atoms with Gasteiger partial charge in [-0.3, -0.25) is 9.97 Å². The van der Waals surface area contributed by atoms with Gasteiger partial charge >= 0.3 is 0 Å². The van der Waals surface area contributed by atoms with E-state index in [1.165, 1.54) is 26.8 Å². The minimum atomic E-state index is 0.283. The number of benzene rings is 2. The summed E-state index contributed by atoms with van der Waals surface area (Å²) >= 11 is 1.74. The smallest absolute Gasteiger partial charge is 0.140 e. The molecule has 0 bridgehead atoms. The van der Waals surface area contributed by atoms with E-state index in [4.69, 9.17) is 4.74 Å². The lowest BCUT2D eigenvalue weighted by Gasteiger charge is -2.33. The first kappa shape index (κ1) is 17.3. The van der Waals surface area contributed by atoms with E-state index in [1.807, 2.05) is 6.20 Å². The molecule has 0 spiro atoms. The molecule has 1 unspecified atom stereocenters. The number of likely N-dealkylation sites (N-methyl/N-ethyl adjacent to an activating group) is 1. The Morgan fingerprint density at radius 1 is 1.11 bits per heavy atom. The van der Waals surface area contributed by atoms with Crippen molar-refractivity contribution in [1.29, 1.82) is 0 Å². The van der Waals surface area contributed by atoms with Crippen molar-refractivity contribution in [3.63, 3.8) is 0 Å². The summed E-state index contributed by atoms with van der Waals surface area (Å²) < 4.78 is 7.11. The average Bonchev–Trinajstić information content (AvgIpc) is 3.21. The van der Waals surface area contributed by atoms with Crippen LogP contribution in [0, 0.1) is 0 Å². The second kappa shape index (κ2) is 7.00. The third-order valence-corrected chi connectivity index (χ3v) is 6.43. The Labute approximate surface area is 168 Å². The van der Waals surface area contributed by atoms with Gasteiger partial charge in [0.1, 0.15) is 5.75 Å². The number of thiophene rings is 1. The van der Waals surface area contributed by atoms with Crippen molar-refractivity contribution in [2.45, 2.75) is 12.5 Å². The van der Waals surface area contributed by atoms with E-state index >= 15 is 0 Å². The summed E-state index contributed by atoms with van der Waals surface area (Å²) in [6.45, 7) is 1.91. The maximum absolute atomic E-state index is 5.89. The van der Waals surface area contributed by atoms with Crippen molar-refractivity contribution in [3.8, 4) is 17.0 Å². The molecule has 28 heavy (non-hydrogen) atoms. The zero-order valence-corrected chi connectivity index (χ0v) is 16.7. The number of hydrogen-bond acceptors (Lipinski definition) is 5. The molecule has 0 saturated heterocycles. The van der Waals surface area contributed by atoms with Crippen LogP contribution in [0.15, 0.2) is 60.4 Å². The van der Waals surface area contributed by atoms with Crippen LogP contribution in [0.25, 0.3) is 21.3 Å². The Kier molecular flexibility index (Phi) is 4.34. The van der Waals surface area contributed by atoms with E-state index in [-0.39, 0.29) is 5.92 Å². The Morgan fingerprint density at radius 2 is 2.00 bits per heavy atom. The zero-order valence-electron chi connectivity index (χ0n) is 15.9. The van der Waals surface area contributed by atoms with E-state index in [2.05, 4.69) is 63.7 Å². The maximum Gasteiger partial charge on any atom is 0.140 e. The average molecular weight is 388 g/mol. The summed E-state index contributed by atoms with van der Waals surface area (Å²) in [4.78, 5) is 11.0. The highest BCUT2D eigenvalue weighted by molar-refractivity contribution is 7.17. The van der Waals surface area contributed by atoms with E-state index in [1.54, 1.807) is 30.8 Å². The molecule has 0 fully saturated rings. The van der Waals surface area contributed by atoms with Crippen LogP contribution >= 0.6 is 11.3 Å². The number of ether oxygens (including phenoxy) is 1. The summed E-state index contributed by atoms with van der Waals surface area (Å²) in [5.41, 5.74) is 6.00. The first-order chi connectivity index (χ1) is 13.7. The highest BCUT2D eigenvalue weighted by atomic mass is 32.1. The number of nitrogens with zero attached hydrogens (tertiary/aromatic N) is 3. The molecule has 5 rings (SSSR count). The Bertz CT molecular complexity index is 1140. The van der Waals surface area contributed by atoms with Crippen molar-refractivity contribution in [2.24, 2.45) is 0 Å². The van der Waals surface area contributed by atoms with Gasteiger partial charge in [-0.1, -0.05) is 24.3 Å². The molecule has 0 amide bonds. The molecule has 5 heteroatoms. The SMILES string of the molecule is COc1c(C2CN(C)Cc3cc(-c4cnccn4)ccc32)ccc2ccsc12. The Hall–Kier alpha value is -2.76. The first-order valence-electron chi connectivity index (χ1n) is 9.36. The molecule has 1 aliphatic heterocycles. The van der Waals surface area contributed by atoms with E-state index in [0.29, 0.717) is 0 Å². The lowest BCUT2D eigenvalue weighted by molar-refractivity contribution is 0.292. The standard InChI is InChI=1S/C23H21N3OS/c1-26-13-17-11-16(21-12-24-8-9-25-21)4-5-18(17)20(14-26)19-6-3-15-7-10-28-23(15)22(19)27-2/h3-12,20H,13-14H2,1-2H3. The van der Waals surface area contributed by atoms with Gasteiger partial charge in [0.25, 0.3) is 0 Å². The van der Waals surface area contributed by atoms with Crippen LogP contribution in [0.3, 0.4) is 0 Å². The van der Waals surface area contributed by atoms with Gasteiger partial charge in [-0.2, -0.15) is 0 Å². The van der Waals surface area contributed by atoms with Gasteiger partial charge in [-0.05, 0) is 41.1 Å². The van der Waals surface area contributed by atoms with Gasteiger partial charge in [0.2, 0.25) is 0 Å². The summed E-state index contributed by atoms with van der Waals surface area (Å²) in [5, 5.41) is 3.37. The fraction of sp³-hybridized carbons (Fsp3) is 0.217. The zero-order chi connectivity index (χ0) is 19.1. The Morgan fingerprint density at radius 3 is 2.82 bits per heavy atom. The van der Waals surface area contributed by atoms with Crippen LogP contribution in [0.1, 0.15) is 22.6 Å². The molecule has 140 valence electrons. The fourth-order valence-corrected chi connectivity index (χ4v) is 5.16. The third kappa shape index (κ3) is 2.87. The number of fused-ring (bicyclic) bond motifs is 2. The molecule has 1 atom stereocenters. The summed E-state index contributed by atoms with van der Waals surface area (Å²) in [5.74, 6) is 1.29. The molecule has 1 aliphatic rings. The lowest BCUT2D eigenvalue weighted by atomic mass is 9.83. The van der Waals surface area contributed by atoms with Gasteiger partial charge in [-0.25, -0.2) is 0 Å². The second-order valence-electron chi connectivity index (χ2n) is 7.28. The highest BCUT2D eigenvalue weighted by Crippen LogP contribution is 2.43. The second-order valence-corrected chi connectivity index (χ2v) is 8.20. The highest BCUT2D eigenvalue weighted by Gasteiger charge is 2.28. The van der Waals surface area contributed by atoms with Crippen LogP contribution in [-0.2, 0) is 6.54 Å². The van der Waals surface area contributed by atoms with Crippen LogP contribution in [0.5, 0.6) is 5.75 Å². The molecule has 4 aromatic rings. The molecule has 2 aromatic carbocycles. The lowest BCUT2D eigenvalue weighted by Crippen LogP contribution is -2.31. The fourth-order valence-electron chi connectivity index (χ4n) is 4.23. The number of aromatic nitrogens is 2. The van der Waals surface area contributed by atoms with E-state index in [9.17, 15) is 0 Å². The maximum atomic E-state index is 5.89. The van der Waals surface area contributed by atoms with Crippen LogP contribution < -0.4 is 4.74 Å². The minimum Gasteiger partial charge on any atom is -0.495 e. The number of hydrogen-bond donors (Lipinski definition) is 0. The molecule has 0 N–H and O–H groups in total. The van der Waals surface area contributed by atoms with Crippen LogP contribution in [0.4, 0.5) is 0 Å². The van der Waals surface area contributed by atoms with Crippen LogP contribution in [-0.4, -0.2) is 35.6 Å². The summed E-state index contributed by atoms with van der Waals surface area (Å²) in [7, 11) is 3.96. The quantitative estimate of drug-likeness (QED) is 0.499. The van der Waals surface area contributed by atoms with Gasteiger partial charge in [0.15, 0.2) is 0 Å². The topological polar surface area (TPSA) is 38.2 Å². The largest absolute Gasteiger partial charge is 0.495 e. The molecule has 4 nitrogen and oxygen atoms in total. The molecule has 0 aliphatic carbocycles. The normalized spacial score (nSPS) is 16.9. The van der Waals surface area contributed by atoms with Gasteiger partial charge in [0.05, 0.1) is 23.7 Å². The van der Waals surface area contributed by atoms with E-state index in [0.717, 1.165) is 30.1 Å². The predicted octanol–water partition coefficient (Wildman–Crippen LogP) is 4.94. The van der Waals surface area contributed by atoms with Gasteiger partial charge in [0, 0.05) is 42.5 Å². The number of methoxy groups -OCH3 is 1. The summed E-state index contributed by atoms with van der Waals surface area (Å²) in [6, 6.07) is 13.3. The monoisotopic (exact) mass is 387 g/mol. The molecular formula is C23H21N3OS. The van der Waals surface area contributed by atoms with Crippen molar-refractivity contribution in [3.05, 3.63) is 77.1 Å². The van der Waals surface area contributed by atoms with Gasteiger partial charge < -0.3 is 9.64 Å². The predicted molar refractivity (Wildman–Crippen MR) is 114 cm³/mol. The summed E-state index contributed by atoms with van der Waals surface area (Å²) in [6.07, 6.45) is 5.27.